The Morgan fingerprint density at radius 2 is 1.73 bits per heavy atom. The normalized spacial score (nSPS) is 12.3. The molecule has 0 radical (unpaired) electrons. The molecule has 8 nitrogen and oxygen atoms in total. The van der Waals surface area contributed by atoms with Crippen molar-refractivity contribution in [2.24, 2.45) is 0 Å². The number of nitrogens with one attached hydrogen (secondary N) is 1. The third-order valence-electron chi connectivity index (χ3n) is 6.78. The Morgan fingerprint density at radius 3 is 2.44 bits per heavy atom. The Kier molecular flexibility index (Phi) is 7.66. The first kappa shape index (κ1) is 28.1. The van der Waals surface area contributed by atoms with Crippen LogP contribution in [0.4, 0.5) is 0 Å². The second-order valence-electron chi connectivity index (χ2n) is 9.57. The lowest BCUT2D eigenvalue weighted by Gasteiger charge is -2.16. The molecular weight excluding hydrogens is 564 g/mol. The molecular formula is C31H25ClN2O6S. The van der Waals surface area contributed by atoms with Crippen LogP contribution in [0.3, 0.4) is 0 Å². The fourth-order valence-corrected chi connectivity index (χ4v) is 5.69. The van der Waals surface area contributed by atoms with Crippen molar-refractivity contribution in [3.8, 4) is 17.0 Å². The summed E-state index contributed by atoms with van der Waals surface area (Å²) in [6.07, 6.45) is 1.04. The maximum absolute atomic E-state index is 12.8. The van der Waals surface area contributed by atoms with Crippen molar-refractivity contribution in [1.29, 1.82) is 0 Å². The lowest BCUT2D eigenvalue weighted by atomic mass is 9.99. The lowest BCUT2D eigenvalue weighted by Crippen LogP contribution is -2.42. The van der Waals surface area contributed by atoms with Gasteiger partial charge in [-0.05, 0) is 58.8 Å². The molecule has 4 aromatic carbocycles. The fourth-order valence-electron chi connectivity index (χ4n) is 4.71. The van der Waals surface area contributed by atoms with Crippen LogP contribution in [0.1, 0.15) is 15.9 Å². The van der Waals surface area contributed by atoms with Crippen molar-refractivity contribution < 1.29 is 27.9 Å². The zero-order chi connectivity index (χ0) is 29.3. The number of rotatable bonds is 8. The number of halogens is 1. The van der Waals surface area contributed by atoms with Crippen molar-refractivity contribution >= 4 is 55.0 Å². The van der Waals surface area contributed by atoms with Crippen LogP contribution in [0.2, 0.25) is 5.02 Å². The Bertz CT molecular complexity index is 1940. The Hall–Kier alpha value is -4.47. The first-order valence-electron chi connectivity index (χ1n) is 12.5. The molecule has 5 aromatic rings. The Labute approximate surface area is 241 Å². The molecule has 1 heterocycles. The topological polar surface area (TPSA) is 123 Å². The third kappa shape index (κ3) is 5.86. The molecule has 1 aromatic heterocycles. The average molecular weight is 589 g/mol. The molecule has 0 fully saturated rings. The molecule has 2 N–H and O–H groups in total. The number of ether oxygens (including phenoxy) is 1. The highest BCUT2D eigenvalue weighted by atomic mass is 35.5. The number of carboxylic acids is 1. The van der Waals surface area contributed by atoms with Gasteiger partial charge in [0.05, 0.1) is 39.4 Å². The van der Waals surface area contributed by atoms with E-state index in [1.165, 1.54) is 18.2 Å². The molecule has 1 amide bonds. The van der Waals surface area contributed by atoms with Crippen molar-refractivity contribution in [3.05, 3.63) is 101 Å². The summed E-state index contributed by atoms with van der Waals surface area (Å²) in [4.78, 5) is 29.7. The van der Waals surface area contributed by atoms with E-state index in [9.17, 15) is 23.1 Å². The number of methoxy groups -OCH3 is 1. The number of carboxylic acid groups (broad SMARTS) is 1. The van der Waals surface area contributed by atoms with Crippen molar-refractivity contribution in [2.75, 3.05) is 13.4 Å². The van der Waals surface area contributed by atoms with Gasteiger partial charge in [-0.15, -0.1) is 0 Å². The summed E-state index contributed by atoms with van der Waals surface area (Å²) in [6, 6.07) is 23.6. The fraction of sp³-hybridized carbons (Fsp3) is 0.129. The number of pyridine rings is 1. The predicted octanol–water partition coefficient (Wildman–Crippen LogP) is 5.55. The number of amides is 1. The van der Waals surface area contributed by atoms with E-state index < -0.39 is 27.8 Å². The third-order valence-corrected chi connectivity index (χ3v) is 8.20. The van der Waals surface area contributed by atoms with Crippen molar-refractivity contribution in [1.82, 2.24) is 10.3 Å². The van der Waals surface area contributed by atoms with Crippen molar-refractivity contribution in [2.45, 2.75) is 17.4 Å². The van der Waals surface area contributed by atoms with Crippen LogP contribution < -0.4 is 10.1 Å². The number of carbonyl (C=O) groups is 2. The first-order chi connectivity index (χ1) is 19.5. The molecule has 0 bridgehead atoms. The number of benzene rings is 4. The van der Waals surface area contributed by atoms with Gasteiger partial charge in [-0.25, -0.2) is 18.2 Å². The number of sulfone groups is 1. The van der Waals surface area contributed by atoms with Crippen LogP contribution in [-0.2, 0) is 21.1 Å². The number of carbonyl (C=O) groups excluding carboxylic acids is 1. The molecule has 0 spiro atoms. The summed E-state index contributed by atoms with van der Waals surface area (Å²) >= 11 is 6.14. The highest BCUT2D eigenvalue weighted by Gasteiger charge is 2.23. The number of hydrogen-bond donors (Lipinski definition) is 2. The van der Waals surface area contributed by atoms with E-state index in [1.54, 1.807) is 13.2 Å². The van der Waals surface area contributed by atoms with E-state index >= 15 is 0 Å². The van der Waals surface area contributed by atoms with Gasteiger partial charge in [0.25, 0.3) is 5.91 Å². The van der Waals surface area contributed by atoms with Gasteiger partial charge < -0.3 is 15.2 Å². The predicted molar refractivity (Wildman–Crippen MR) is 158 cm³/mol. The summed E-state index contributed by atoms with van der Waals surface area (Å²) < 4.78 is 29.1. The van der Waals surface area contributed by atoms with E-state index in [0.29, 0.717) is 11.3 Å². The van der Waals surface area contributed by atoms with Crippen LogP contribution in [0, 0.1) is 0 Å². The number of nitrogens with zero attached hydrogens (tertiary/aromatic N) is 1. The zero-order valence-electron chi connectivity index (χ0n) is 22.1. The molecule has 10 heteroatoms. The quantitative estimate of drug-likeness (QED) is 0.244. The maximum Gasteiger partial charge on any atom is 0.326 e. The molecule has 1 atom stereocenters. The van der Waals surface area contributed by atoms with Gasteiger partial charge in [-0.3, -0.25) is 4.79 Å². The van der Waals surface area contributed by atoms with Gasteiger partial charge >= 0.3 is 5.97 Å². The maximum atomic E-state index is 12.8. The van der Waals surface area contributed by atoms with Gasteiger partial charge in [0.1, 0.15) is 11.8 Å². The molecule has 5 rings (SSSR count). The number of fused-ring (bicyclic) bond motifs is 2. The van der Waals surface area contributed by atoms with E-state index in [1.807, 2.05) is 60.7 Å². The SMILES string of the molecule is COc1ccc2ccccc2c1-c1ccc2cc(CC(NC(=O)c3ccc(S(C)(=O)=O)cc3Cl)C(=O)O)ccc2n1. The van der Waals surface area contributed by atoms with E-state index in [2.05, 4.69) is 5.32 Å². The minimum atomic E-state index is -3.52. The smallest absolute Gasteiger partial charge is 0.326 e. The van der Waals surface area contributed by atoms with Gasteiger partial charge in [0.2, 0.25) is 0 Å². The average Bonchev–Trinajstić information content (AvgIpc) is 2.95. The summed E-state index contributed by atoms with van der Waals surface area (Å²) in [5, 5.41) is 15.1. The van der Waals surface area contributed by atoms with Gasteiger partial charge in [0.15, 0.2) is 9.84 Å². The number of aliphatic carboxylic acids is 1. The van der Waals surface area contributed by atoms with Crippen LogP contribution in [0.5, 0.6) is 5.75 Å². The molecule has 0 aliphatic carbocycles. The summed E-state index contributed by atoms with van der Waals surface area (Å²) in [5.41, 5.74) is 3.00. The van der Waals surface area contributed by atoms with E-state index in [0.717, 1.165) is 39.2 Å². The van der Waals surface area contributed by atoms with E-state index in [-0.39, 0.29) is 21.9 Å². The number of hydrogen-bond acceptors (Lipinski definition) is 6. The Balaban J connectivity index is 1.40. The summed E-state index contributed by atoms with van der Waals surface area (Å²) in [5.74, 6) is -1.24. The molecule has 0 saturated heterocycles. The van der Waals surface area contributed by atoms with Crippen LogP contribution in [-0.4, -0.2) is 49.8 Å². The molecule has 0 saturated carbocycles. The highest BCUT2D eigenvalue weighted by Crippen LogP contribution is 2.36. The second kappa shape index (κ2) is 11.2. The van der Waals surface area contributed by atoms with Crippen LogP contribution in [0.25, 0.3) is 32.9 Å². The summed E-state index contributed by atoms with van der Waals surface area (Å²) in [6.45, 7) is 0. The van der Waals surface area contributed by atoms with Crippen LogP contribution >= 0.6 is 11.6 Å². The largest absolute Gasteiger partial charge is 0.496 e. The molecule has 1 unspecified atom stereocenters. The second-order valence-corrected chi connectivity index (χ2v) is 12.0. The standard InChI is InChI=1S/C31H25ClN2O6S/c1-40-28-14-9-19-5-3-4-6-22(19)29(28)26-13-8-20-15-18(7-12-25(20)33-26)16-27(31(36)37)34-30(35)23-11-10-21(17-24(23)32)41(2,38)39/h3-15,17,27H,16H2,1-2H3,(H,34,35)(H,36,37). The number of aromatic nitrogens is 1. The highest BCUT2D eigenvalue weighted by molar-refractivity contribution is 7.90. The van der Waals surface area contributed by atoms with Crippen LogP contribution in [0.15, 0.2) is 89.8 Å². The molecule has 0 aliphatic heterocycles. The van der Waals surface area contributed by atoms with E-state index in [4.69, 9.17) is 21.3 Å². The van der Waals surface area contributed by atoms with Gasteiger partial charge in [-0.2, -0.15) is 0 Å². The van der Waals surface area contributed by atoms with Crippen molar-refractivity contribution in [3.63, 3.8) is 0 Å². The monoisotopic (exact) mass is 588 g/mol. The van der Waals surface area contributed by atoms with Gasteiger partial charge in [-0.1, -0.05) is 54.1 Å². The van der Waals surface area contributed by atoms with Gasteiger partial charge in [0, 0.05) is 18.1 Å². The lowest BCUT2D eigenvalue weighted by molar-refractivity contribution is -0.139. The molecule has 41 heavy (non-hydrogen) atoms. The molecule has 0 aliphatic rings. The minimum Gasteiger partial charge on any atom is -0.496 e. The first-order valence-corrected chi connectivity index (χ1v) is 14.8. The zero-order valence-corrected chi connectivity index (χ0v) is 23.7. The Morgan fingerprint density at radius 1 is 0.976 bits per heavy atom. The summed E-state index contributed by atoms with van der Waals surface area (Å²) in [7, 11) is -1.89. The molecule has 208 valence electrons. The minimum absolute atomic E-state index is 0.00888.